The van der Waals surface area contributed by atoms with Crippen molar-refractivity contribution in [1.29, 1.82) is 0 Å². The molecule has 130 valence electrons. The van der Waals surface area contributed by atoms with Crippen LogP contribution in [0.15, 0.2) is 21.9 Å². The fourth-order valence-corrected chi connectivity index (χ4v) is 2.80. The minimum atomic E-state index is -0.137. The molecule has 0 amide bonds. The summed E-state index contributed by atoms with van der Waals surface area (Å²) in [4.78, 5) is 21.8. The molecule has 0 aliphatic heterocycles. The molecule has 2 rings (SSSR count). The lowest BCUT2D eigenvalue weighted by Gasteiger charge is -2.14. The van der Waals surface area contributed by atoms with Crippen LogP contribution in [0.2, 0.25) is 0 Å². The van der Waals surface area contributed by atoms with Gasteiger partial charge in [0.15, 0.2) is 16.3 Å². The monoisotopic (exact) mass is 350 g/mol. The fourth-order valence-electron chi connectivity index (χ4n) is 2.52. The van der Waals surface area contributed by atoms with Crippen LogP contribution in [-0.2, 0) is 6.54 Å². The second-order valence-corrected chi connectivity index (χ2v) is 5.73. The van der Waals surface area contributed by atoms with Crippen LogP contribution in [0.3, 0.4) is 0 Å². The molecule has 7 nitrogen and oxygen atoms in total. The van der Waals surface area contributed by atoms with Gasteiger partial charge in [-0.05, 0) is 24.7 Å². The highest BCUT2D eigenvalue weighted by Crippen LogP contribution is 2.29. The number of hydrogen-bond donors (Lipinski definition) is 1. The largest absolute Gasteiger partial charge is 0.493 e. The van der Waals surface area contributed by atoms with Crippen LogP contribution in [0, 0.1) is 4.77 Å². The van der Waals surface area contributed by atoms with Gasteiger partial charge in [0, 0.05) is 33.3 Å². The van der Waals surface area contributed by atoms with Gasteiger partial charge in [-0.15, -0.1) is 0 Å². The maximum absolute atomic E-state index is 12.8. The molecule has 0 radical (unpaired) electrons. The molecule has 0 saturated heterocycles. The lowest BCUT2D eigenvalue weighted by molar-refractivity contribution is 0.355. The van der Waals surface area contributed by atoms with Gasteiger partial charge in [0.1, 0.15) is 0 Å². The molecule has 1 aromatic heterocycles. The van der Waals surface area contributed by atoms with E-state index in [0.717, 1.165) is 13.0 Å². The quantitative estimate of drug-likeness (QED) is 0.470. The first-order chi connectivity index (χ1) is 11.5. The van der Waals surface area contributed by atoms with E-state index in [1.807, 2.05) is 11.9 Å². The third kappa shape index (κ3) is 3.76. The van der Waals surface area contributed by atoms with Crippen LogP contribution in [0.1, 0.15) is 6.42 Å². The zero-order chi connectivity index (χ0) is 17.7. The summed E-state index contributed by atoms with van der Waals surface area (Å²) in [7, 11) is 6.75. The lowest BCUT2D eigenvalue weighted by Crippen LogP contribution is -2.25. The number of rotatable bonds is 7. The number of aliphatic imine (C=N–C) groups is 1. The summed E-state index contributed by atoms with van der Waals surface area (Å²) in [5, 5.41) is 0.518. The van der Waals surface area contributed by atoms with Gasteiger partial charge in [-0.3, -0.25) is 14.4 Å². The predicted octanol–water partition coefficient (Wildman–Crippen LogP) is 2.06. The van der Waals surface area contributed by atoms with E-state index < -0.39 is 0 Å². The van der Waals surface area contributed by atoms with Gasteiger partial charge < -0.3 is 19.4 Å². The standard InChI is InChI=1S/C16H22N4O3S/c1-17-10-19(2)6-5-7-20-15(21)11-8-13(22-3)14(23-4)9-12(11)18-16(20)24/h8-10H,5-7H2,1-4H3,(H,18,24). The Bertz CT molecular complexity index is 857. The summed E-state index contributed by atoms with van der Waals surface area (Å²) < 4.78 is 12.5. The van der Waals surface area contributed by atoms with Crippen LogP contribution in [0.5, 0.6) is 11.5 Å². The van der Waals surface area contributed by atoms with E-state index in [2.05, 4.69) is 9.98 Å². The van der Waals surface area contributed by atoms with Gasteiger partial charge in [0.05, 0.1) is 31.5 Å². The number of nitrogens with one attached hydrogen (secondary N) is 1. The summed E-state index contributed by atoms with van der Waals surface area (Å²) >= 11 is 5.33. The Kier molecular flexibility index (Phi) is 5.97. The topological polar surface area (TPSA) is 71.8 Å². The van der Waals surface area contributed by atoms with Crippen molar-refractivity contribution >= 4 is 29.5 Å². The molecule has 1 aromatic carbocycles. The molecule has 0 aliphatic rings. The van der Waals surface area contributed by atoms with E-state index in [-0.39, 0.29) is 5.56 Å². The molecule has 0 aliphatic carbocycles. The number of benzene rings is 1. The number of H-pyrrole nitrogens is 1. The highest BCUT2D eigenvalue weighted by atomic mass is 32.1. The SMILES string of the molecule is CN=CN(C)CCCn1c(=S)[nH]c2cc(OC)c(OC)cc2c1=O. The molecular weight excluding hydrogens is 328 g/mol. The number of aromatic amines is 1. The summed E-state index contributed by atoms with van der Waals surface area (Å²) in [6.07, 6.45) is 2.53. The van der Waals surface area contributed by atoms with Crippen molar-refractivity contribution < 1.29 is 9.47 Å². The Labute approximate surface area is 145 Å². The van der Waals surface area contributed by atoms with E-state index >= 15 is 0 Å². The molecule has 0 atom stereocenters. The van der Waals surface area contributed by atoms with Gasteiger partial charge >= 0.3 is 0 Å². The second kappa shape index (κ2) is 7.96. The van der Waals surface area contributed by atoms with E-state index in [1.54, 1.807) is 44.3 Å². The zero-order valence-electron chi connectivity index (χ0n) is 14.3. The Morgan fingerprint density at radius 3 is 2.62 bits per heavy atom. The zero-order valence-corrected chi connectivity index (χ0v) is 15.1. The molecule has 0 unspecified atom stereocenters. The van der Waals surface area contributed by atoms with Gasteiger partial charge in [-0.25, -0.2) is 0 Å². The third-order valence-corrected chi connectivity index (χ3v) is 4.01. The average molecular weight is 350 g/mol. The highest BCUT2D eigenvalue weighted by Gasteiger charge is 2.11. The molecule has 0 bridgehead atoms. The van der Waals surface area contributed by atoms with Crippen molar-refractivity contribution in [2.45, 2.75) is 13.0 Å². The molecule has 1 N–H and O–H groups in total. The van der Waals surface area contributed by atoms with Gasteiger partial charge in [0.2, 0.25) is 0 Å². The molecule has 1 heterocycles. The Balaban J connectivity index is 2.38. The lowest BCUT2D eigenvalue weighted by atomic mass is 10.2. The van der Waals surface area contributed by atoms with E-state index in [4.69, 9.17) is 21.7 Å². The maximum atomic E-state index is 12.8. The Morgan fingerprint density at radius 2 is 2.00 bits per heavy atom. The fraction of sp³-hybridized carbons (Fsp3) is 0.438. The molecule has 0 saturated carbocycles. The van der Waals surface area contributed by atoms with Gasteiger partial charge in [0.25, 0.3) is 5.56 Å². The Hall–Kier alpha value is -2.35. The number of hydrogen-bond acceptors (Lipinski definition) is 5. The van der Waals surface area contributed by atoms with Crippen molar-refractivity contribution in [1.82, 2.24) is 14.5 Å². The molecule has 24 heavy (non-hydrogen) atoms. The number of ether oxygens (including phenoxy) is 2. The van der Waals surface area contributed by atoms with Crippen molar-refractivity contribution in [3.63, 3.8) is 0 Å². The molecule has 0 spiro atoms. The van der Waals surface area contributed by atoms with E-state index in [9.17, 15) is 4.79 Å². The van der Waals surface area contributed by atoms with Crippen molar-refractivity contribution in [2.75, 3.05) is 34.9 Å². The second-order valence-electron chi connectivity index (χ2n) is 5.35. The number of methoxy groups -OCH3 is 2. The minimum Gasteiger partial charge on any atom is -0.493 e. The van der Waals surface area contributed by atoms with Crippen molar-refractivity contribution in [3.05, 3.63) is 27.3 Å². The van der Waals surface area contributed by atoms with E-state index in [1.165, 1.54) is 0 Å². The minimum absolute atomic E-state index is 0.137. The van der Waals surface area contributed by atoms with E-state index in [0.29, 0.717) is 33.7 Å². The van der Waals surface area contributed by atoms with Crippen LogP contribution in [-0.4, -0.2) is 55.6 Å². The van der Waals surface area contributed by atoms with Crippen LogP contribution < -0.4 is 15.0 Å². The van der Waals surface area contributed by atoms with Gasteiger partial charge in [-0.1, -0.05) is 0 Å². The number of nitrogens with zero attached hydrogens (tertiary/aromatic N) is 3. The predicted molar refractivity (Wildman–Crippen MR) is 98.2 cm³/mol. The van der Waals surface area contributed by atoms with Crippen LogP contribution in [0.4, 0.5) is 0 Å². The molecule has 8 heteroatoms. The van der Waals surface area contributed by atoms with Crippen LogP contribution >= 0.6 is 12.2 Å². The smallest absolute Gasteiger partial charge is 0.262 e. The van der Waals surface area contributed by atoms with Crippen molar-refractivity contribution in [2.24, 2.45) is 4.99 Å². The summed E-state index contributed by atoms with van der Waals surface area (Å²) in [6.45, 7) is 1.31. The summed E-state index contributed by atoms with van der Waals surface area (Å²) in [5.41, 5.74) is 0.496. The first-order valence-electron chi connectivity index (χ1n) is 7.53. The van der Waals surface area contributed by atoms with Crippen molar-refractivity contribution in [3.8, 4) is 11.5 Å². The maximum Gasteiger partial charge on any atom is 0.262 e. The first-order valence-corrected chi connectivity index (χ1v) is 7.94. The van der Waals surface area contributed by atoms with Crippen LogP contribution in [0.25, 0.3) is 10.9 Å². The third-order valence-electron chi connectivity index (χ3n) is 3.69. The summed E-state index contributed by atoms with van der Waals surface area (Å²) in [6, 6.07) is 3.40. The molecule has 0 fully saturated rings. The first kappa shape index (κ1) is 18.0. The molecular formula is C16H22N4O3S. The number of aromatic nitrogens is 2. The Morgan fingerprint density at radius 1 is 1.33 bits per heavy atom. The summed E-state index contributed by atoms with van der Waals surface area (Å²) in [5.74, 6) is 1.06. The normalized spacial score (nSPS) is 11.2. The highest BCUT2D eigenvalue weighted by molar-refractivity contribution is 7.71. The van der Waals surface area contributed by atoms with Gasteiger partial charge in [-0.2, -0.15) is 0 Å². The average Bonchev–Trinajstić information content (AvgIpc) is 2.57. The number of fused-ring (bicyclic) bond motifs is 1. The molecule has 2 aromatic rings.